The summed E-state index contributed by atoms with van der Waals surface area (Å²) in [5, 5.41) is 3.14. The van der Waals surface area contributed by atoms with Crippen LogP contribution in [0.2, 0.25) is 0 Å². The Morgan fingerprint density at radius 1 is 1.41 bits per heavy atom. The third-order valence-corrected chi connectivity index (χ3v) is 4.67. The van der Waals surface area contributed by atoms with Gasteiger partial charge in [0, 0.05) is 16.7 Å². The standard InChI is InChI=1S/C13H15BrN2O/c14-10-2-1-5-15-12(10)13(17)16-11-7-8-3-4-9(11)6-8/h1-2,5,8-9,11H,3-4,6-7H2,(H,16,17). The average molecular weight is 295 g/mol. The van der Waals surface area contributed by atoms with E-state index in [1.165, 1.54) is 19.3 Å². The highest BCUT2D eigenvalue weighted by atomic mass is 79.9. The zero-order valence-corrected chi connectivity index (χ0v) is 11.1. The van der Waals surface area contributed by atoms with E-state index in [1.807, 2.05) is 12.1 Å². The molecule has 0 spiro atoms. The average Bonchev–Trinajstić information content (AvgIpc) is 2.91. The van der Waals surface area contributed by atoms with Gasteiger partial charge in [-0.3, -0.25) is 4.79 Å². The summed E-state index contributed by atoms with van der Waals surface area (Å²) >= 11 is 3.36. The van der Waals surface area contributed by atoms with E-state index in [4.69, 9.17) is 0 Å². The van der Waals surface area contributed by atoms with Crippen LogP contribution in [0.25, 0.3) is 0 Å². The molecule has 1 heterocycles. The summed E-state index contributed by atoms with van der Waals surface area (Å²) in [4.78, 5) is 16.2. The van der Waals surface area contributed by atoms with Crippen LogP contribution in [0.4, 0.5) is 0 Å². The molecule has 1 N–H and O–H groups in total. The van der Waals surface area contributed by atoms with Crippen molar-refractivity contribution < 1.29 is 4.79 Å². The van der Waals surface area contributed by atoms with Gasteiger partial charge in [-0.15, -0.1) is 0 Å². The van der Waals surface area contributed by atoms with Crippen molar-refractivity contribution in [2.75, 3.05) is 0 Å². The van der Waals surface area contributed by atoms with Gasteiger partial charge in [0.05, 0.1) is 0 Å². The normalized spacial score (nSPS) is 30.5. The van der Waals surface area contributed by atoms with Crippen molar-refractivity contribution in [1.82, 2.24) is 10.3 Å². The number of carbonyl (C=O) groups excluding carboxylic acids is 1. The number of pyridine rings is 1. The molecule has 2 aliphatic rings. The maximum atomic E-state index is 12.1. The third kappa shape index (κ3) is 2.10. The number of amides is 1. The van der Waals surface area contributed by atoms with Gasteiger partial charge in [0.15, 0.2) is 0 Å². The van der Waals surface area contributed by atoms with Gasteiger partial charge in [-0.05, 0) is 59.2 Å². The second kappa shape index (κ2) is 4.41. The predicted octanol–water partition coefficient (Wildman–Crippen LogP) is 2.76. The van der Waals surface area contributed by atoms with Crippen LogP contribution in [0.5, 0.6) is 0 Å². The zero-order chi connectivity index (χ0) is 11.8. The maximum Gasteiger partial charge on any atom is 0.271 e. The van der Waals surface area contributed by atoms with Crippen LogP contribution in [0.15, 0.2) is 22.8 Å². The third-order valence-electron chi connectivity index (χ3n) is 4.03. The molecule has 0 aromatic carbocycles. The molecule has 3 unspecified atom stereocenters. The maximum absolute atomic E-state index is 12.1. The molecule has 90 valence electrons. The SMILES string of the molecule is O=C(NC1CC2CCC1C2)c1ncccc1Br. The Morgan fingerprint density at radius 3 is 2.94 bits per heavy atom. The van der Waals surface area contributed by atoms with Crippen molar-refractivity contribution in [2.45, 2.75) is 31.7 Å². The molecule has 4 heteroatoms. The quantitative estimate of drug-likeness (QED) is 0.911. The second-order valence-corrected chi connectivity index (χ2v) is 5.94. The molecule has 2 aliphatic carbocycles. The van der Waals surface area contributed by atoms with Crippen molar-refractivity contribution in [3.63, 3.8) is 0 Å². The fourth-order valence-corrected chi connectivity index (χ4v) is 3.65. The summed E-state index contributed by atoms with van der Waals surface area (Å²) in [5.41, 5.74) is 0.496. The Kier molecular flexibility index (Phi) is 2.90. The van der Waals surface area contributed by atoms with E-state index < -0.39 is 0 Å². The highest BCUT2D eigenvalue weighted by Gasteiger charge is 2.40. The highest BCUT2D eigenvalue weighted by Crippen LogP contribution is 2.44. The van der Waals surface area contributed by atoms with Crippen molar-refractivity contribution in [1.29, 1.82) is 0 Å². The summed E-state index contributed by atoms with van der Waals surface area (Å²) < 4.78 is 0.764. The van der Waals surface area contributed by atoms with Gasteiger partial charge in [0.25, 0.3) is 5.91 Å². The van der Waals surface area contributed by atoms with E-state index in [9.17, 15) is 4.79 Å². The number of aromatic nitrogens is 1. The number of nitrogens with one attached hydrogen (secondary N) is 1. The van der Waals surface area contributed by atoms with Gasteiger partial charge < -0.3 is 5.32 Å². The van der Waals surface area contributed by atoms with E-state index >= 15 is 0 Å². The van der Waals surface area contributed by atoms with Crippen molar-refractivity contribution in [3.05, 3.63) is 28.5 Å². The van der Waals surface area contributed by atoms with Gasteiger partial charge in [-0.2, -0.15) is 0 Å². The van der Waals surface area contributed by atoms with E-state index in [0.29, 0.717) is 17.7 Å². The van der Waals surface area contributed by atoms with Crippen molar-refractivity contribution >= 4 is 21.8 Å². The molecule has 3 atom stereocenters. The second-order valence-electron chi connectivity index (χ2n) is 5.09. The number of rotatable bonds is 2. The van der Waals surface area contributed by atoms with Gasteiger partial charge in [-0.25, -0.2) is 4.98 Å². The predicted molar refractivity (Wildman–Crippen MR) is 68.6 cm³/mol. The minimum Gasteiger partial charge on any atom is -0.348 e. The number of carbonyl (C=O) groups is 1. The van der Waals surface area contributed by atoms with Gasteiger partial charge in [-0.1, -0.05) is 6.42 Å². The van der Waals surface area contributed by atoms with Gasteiger partial charge >= 0.3 is 0 Å². The monoisotopic (exact) mass is 294 g/mol. The lowest BCUT2D eigenvalue weighted by molar-refractivity contribution is 0.0917. The Bertz CT molecular complexity index is 449. The Labute approximate surface area is 109 Å². The van der Waals surface area contributed by atoms with E-state index in [2.05, 4.69) is 26.2 Å². The minimum absolute atomic E-state index is 0.0463. The smallest absolute Gasteiger partial charge is 0.271 e. The molecule has 1 aromatic heterocycles. The Morgan fingerprint density at radius 2 is 2.29 bits per heavy atom. The fraction of sp³-hybridized carbons (Fsp3) is 0.538. The molecule has 1 amide bonds. The van der Waals surface area contributed by atoms with E-state index in [1.54, 1.807) is 6.20 Å². The van der Waals surface area contributed by atoms with Crippen molar-refractivity contribution in [2.24, 2.45) is 11.8 Å². The van der Waals surface area contributed by atoms with E-state index in [-0.39, 0.29) is 5.91 Å². The molecule has 2 bridgehead atoms. The first-order chi connectivity index (χ1) is 8.24. The summed E-state index contributed by atoms with van der Waals surface area (Å²) in [6, 6.07) is 4.04. The van der Waals surface area contributed by atoms with Crippen LogP contribution in [0, 0.1) is 11.8 Å². The summed E-state index contributed by atoms with van der Waals surface area (Å²) in [6.07, 6.45) is 6.74. The lowest BCUT2D eigenvalue weighted by atomic mass is 9.95. The van der Waals surface area contributed by atoms with Crippen LogP contribution in [-0.2, 0) is 0 Å². The number of hydrogen-bond donors (Lipinski definition) is 1. The Balaban J connectivity index is 1.70. The first-order valence-electron chi connectivity index (χ1n) is 6.15. The minimum atomic E-state index is -0.0463. The largest absolute Gasteiger partial charge is 0.348 e. The Hall–Kier alpha value is -0.900. The summed E-state index contributed by atoms with van der Waals surface area (Å²) in [6.45, 7) is 0. The van der Waals surface area contributed by atoms with Crippen LogP contribution in [0.1, 0.15) is 36.2 Å². The lowest BCUT2D eigenvalue weighted by Gasteiger charge is -2.22. The fourth-order valence-electron chi connectivity index (χ4n) is 3.21. The van der Waals surface area contributed by atoms with Crippen LogP contribution < -0.4 is 5.32 Å². The lowest BCUT2D eigenvalue weighted by Crippen LogP contribution is -2.38. The summed E-state index contributed by atoms with van der Waals surface area (Å²) in [5.74, 6) is 1.50. The molecule has 2 fully saturated rings. The molecule has 2 saturated carbocycles. The topological polar surface area (TPSA) is 42.0 Å². The number of nitrogens with zero attached hydrogens (tertiary/aromatic N) is 1. The molecule has 0 radical (unpaired) electrons. The molecule has 3 rings (SSSR count). The molecular formula is C13H15BrN2O. The number of fused-ring (bicyclic) bond motifs is 2. The van der Waals surface area contributed by atoms with Gasteiger partial charge in [0.2, 0.25) is 0 Å². The van der Waals surface area contributed by atoms with Crippen molar-refractivity contribution in [3.8, 4) is 0 Å². The highest BCUT2D eigenvalue weighted by molar-refractivity contribution is 9.10. The first-order valence-corrected chi connectivity index (χ1v) is 6.94. The number of halogens is 1. The van der Waals surface area contributed by atoms with Crippen LogP contribution >= 0.6 is 15.9 Å². The molecule has 1 aromatic rings. The summed E-state index contributed by atoms with van der Waals surface area (Å²) in [7, 11) is 0. The van der Waals surface area contributed by atoms with Crippen LogP contribution in [0.3, 0.4) is 0 Å². The molecule has 17 heavy (non-hydrogen) atoms. The van der Waals surface area contributed by atoms with Gasteiger partial charge in [0.1, 0.15) is 5.69 Å². The molecule has 3 nitrogen and oxygen atoms in total. The van der Waals surface area contributed by atoms with E-state index in [0.717, 1.165) is 16.8 Å². The molecule has 0 saturated heterocycles. The number of hydrogen-bond acceptors (Lipinski definition) is 2. The molecule has 0 aliphatic heterocycles. The van der Waals surface area contributed by atoms with Crippen LogP contribution in [-0.4, -0.2) is 16.9 Å². The molecular weight excluding hydrogens is 280 g/mol. The first kappa shape index (κ1) is 11.2. The zero-order valence-electron chi connectivity index (χ0n) is 9.53.